The lowest BCUT2D eigenvalue weighted by Crippen LogP contribution is -2.22. The molecule has 3 amide bonds. The molecule has 2 rings (SSSR count). The first-order chi connectivity index (χ1) is 10.5. The number of ether oxygens (including phenoxy) is 1. The number of halogens is 1. The lowest BCUT2D eigenvalue weighted by molar-refractivity contribution is 0.100. The Balaban J connectivity index is 2.44. The van der Waals surface area contributed by atoms with Gasteiger partial charge >= 0.3 is 6.03 Å². The van der Waals surface area contributed by atoms with Crippen LogP contribution in [0.5, 0.6) is 5.75 Å². The fraction of sp³-hybridized carbons (Fsp3) is 0.143. The van der Waals surface area contributed by atoms with Gasteiger partial charge in [0, 0.05) is 5.56 Å². The number of aromatic amines is 1. The van der Waals surface area contributed by atoms with Gasteiger partial charge in [-0.15, -0.1) is 11.6 Å². The number of H-pyrrole nitrogens is 1. The molecular weight excluding hydrogens is 308 g/mol. The van der Waals surface area contributed by atoms with Crippen LogP contribution in [0, 0.1) is 0 Å². The van der Waals surface area contributed by atoms with Crippen LogP contribution in [0.1, 0.15) is 10.4 Å². The molecule has 0 bridgehead atoms. The number of primary amides is 2. The second kappa shape index (κ2) is 6.86. The van der Waals surface area contributed by atoms with Gasteiger partial charge in [0.2, 0.25) is 0 Å². The van der Waals surface area contributed by atoms with E-state index in [2.05, 4.69) is 10.3 Å². The van der Waals surface area contributed by atoms with E-state index >= 15 is 0 Å². The first-order valence-electron chi connectivity index (χ1n) is 6.40. The van der Waals surface area contributed by atoms with Crippen LogP contribution in [0.2, 0.25) is 0 Å². The zero-order chi connectivity index (χ0) is 16.1. The summed E-state index contributed by atoms with van der Waals surface area (Å²) in [4.78, 5) is 25.4. The number of nitrogens with one attached hydrogen (secondary N) is 2. The minimum absolute atomic E-state index is 0.126. The van der Waals surface area contributed by atoms with Crippen molar-refractivity contribution in [1.82, 2.24) is 4.98 Å². The molecule has 2 aromatic rings. The van der Waals surface area contributed by atoms with Gasteiger partial charge in [-0.05, 0) is 18.2 Å². The summed E-state index contributed by atoms with van der Waals surface area (Å²) >= 11 is 5.62. The Kier molecular flexibility index (Phi) is 4.90. The fourth-order valence-electron chi connectivity index (χ4n) is 1.98. The summed E-state index contributed by atoms with van der Waals surface area (Å²) in [6.07, 6.45) is 0. The molecule has 0 saturated carbocycles. The van der Waals surface area contributed by atoms with E-state index in [1.54, 1.807) is 12.1 Å². The molecule has 0 aliphatic heterocycles. The average molecular weight is 323 g/mol. The minimum atomic E-state index is -0.803. The van der Waals surface area contributed by atoms with E-state index in [9.17, 15) is 9.59 Å². The van der Waals surface area contributed by atoms with Gasteiger partial charge in [-0.25, -0.2) is 4.79 Å². The summed E-state index contributed by atoms with van der Waals surface area (Å²) in [6.45, 7) is 0.342. The number of nitrogens with two attached hydrogens (primary N) is 2. The van der Waals surface area contributed by atoms with Crippen molar-refractivity contribution in [1.29, 1.82) is 0 Å². The number of para-hydroxylation sites is 1. The topological polar surface area (TPSA) is 123 Å². The standard InChI is InChI=1S/C14H15ClN4O3/c15-5-6-22-11-4-2-1-3-8(11)10-7-9(12(16)20)13(18-10)19-14(17)21/h1-4,7,18H,5-6H2,(H2,16,20)(H3,17,19,21). The predicted octanol–water partition coefficient (Wildman–Crippen LogP) is 1.89. The molecule has 0 radical (unpaired) electrons. The molecule has 0 atom stereocenters. The SMILES string of the molecule is NC(=O)Nc1[nH]c(-c2ccccc2OCCCl)cc1C(N)=O. The van der Waals surface area contributed by atoms with Gasteiger partial charge in [0.1, 0.15) is 18.2 Å². The lowest BCUT2D eigenvalue weighted by Gasteiger charge is -2.09. The smallest absolute Gasteiger partial charge is 0.317 e. The molecule has 8 heteroatoms. The van der Waals surface area contributed by atoms with Crippen molar-refractivity contribution in [3.63, 3.8) is 0 Å². The van der Waals surface area contributed by atoms with E-state index in [-0.39, 0.29) is 11.4 Å². The first-order valence-corrected chi connectivity index (χ1v) is 6.93. The Bertz CT molecular complexity index is 699. The molecule has 1 heterocycles. The van der Waals surface area contributed by atoms with Crippen molar-refractivity contribution >= 4 is 29.4 Å². The van der Waals surface area contributed by atoms with Crippen molar-refractivity contribution < 1.29 is 14.3 Å². The number of carbonyl (C=O) groups excluding carboxylic acids is 2. The summed E-state index contributed by atoms with van der Waals surface area (Å²) in [6, 6.07) is 7.92. The number of anilines is 1. The molecule has 0 aliphatic carbocycles. The second-order valence-corrected chi connectivity index (χ2v) is 4.74. The van der Waals surface area contributed by atoms with Crippen molar-refractivity contribution in [2.75, 3.05) is 17.8 Å². The number of hydrogen-bond acceptors (Lipinski definition) is 3. The van der Waals surface area contributed by atoms with Crippen LogP contribution in [0.4, 0.5) is 10.6 Å². The van der Waals surface area contributed by atoms with Crippen LogP contribution in [-0.2, 0) is 0 Å². The maximum Gasteiger partial charge on any atom is 0.317 e. The molecule has 0 spiro atoms. The summed E-state index contributed by atoms with van der Waals surface area (Å²) in [5.74, 6) is 0.388. The highest BCUT2D eigenvalue weighted by Gasteiger charge is 2.17. The van der Waals surface area contributed by atoms with Gasteiger partial charge in [-0.3, -0.25) is 10.1 Å². The highest BCUT2D eigenvalue weighted by atomic mass is 35.5. The van der Waals surface area contributed by atoms with Crippen molar-refractivity contribution in [2.24, 2.45) is 11.5 Å². The van der Waals surface area contributed by atoms with Gasteiger partial charge in [-0.1, -0.05) is 12.1 Å². The number of amides is 3. The number of urea groups is 1. The van der Waals surface area contributed by atoms with E-state index in [0.29, 0.717) is 29.5 Å². The molecule has 116 valence electrons. The Morgan fingerprint density at radius 2 is 2.00 bits per heavy atom. The molecule has 0 unspecified atom stereocenters. The van der Waals surface area contributed by atoms with E-state index < -0.39 is 11.9 Å². The van der Waals surface area contributed by atoms with Crippen LogP contribution in [0.3, 0.4) is 0 Å². The third-order valence-electron chi connectivity index (χ3n) is 2.84. The maximum absolute atomic E-state index is 11.5. The molecule has 1 aromatic heterocycles. The highest BCUT2D eigenvalue weighted by Crippen LogP contribution is 2.32. The third-order valence-corrected chi connectivity index (χ3v) is 3.00. The van der Waals surface area contributed by atoms with E-state index in [0.717, 1.165) is 0 Å². The summed E-state index contributed by atoms with van der Waals surface area (Å²) in [7, 11) is 0. The molecule has 6 N–H and O–H groups in total. The highest BCUT2D eigenvalue weighted by molar-refractivity contribution is 6.18. The predicted molar refractivity (Wildman–Crippen MR) is 84.2 cm³/mol. The molecule has 22 heavy (non-hydrogen) atoms. The first kappa shape index (κ1) is 15.7. The van der Waals surface area contributed by atoms with Crippen LogP contribution in [0.15, 0.2) is 30.3 Å². The van der Waals surface area contributed by atoms with Gasteiger partial charge < -0.3 is 21.2 Å². The fourth-order valence-corrected chi connectivity index (χ4v) is 2.06. The monoisotopic (exact) mass is 322 g/mol. The third kappa shape index (κ3) is 3.50. The molecule has 7 nitrogen and oxygen atoms in total. The maximum atomic E-state index is 11.5. The molecule has 0 aliphatic rings. The molecule has 0 saturated heterocycles. The minimum Gasteiger partial charge on any atom is -0.492 e. The molecule has 1 aromatic carbocycles. The Hall–Kier alpha value is -2.67. The van der Waals surface area contributed by atoms with Crippen LogP contribution in [-0.4, -0.2) is 29.4 Å². The number of aromatic nitrogens is 1. The molecular formula is C14H15ClN4O3. The number of benzene rings is 1. The zero-order valence-corrected chi connectivity index (χ0v) is 12.3. The van der Waals surface area contributed by atoms with E-state index in [1.807, 2.05) is 12.1 Å². The molecule has 0 fully saturated rings. The largest absolute Gasteiger partial charge is 0.492 e. The number of hydrogen-bond donors (Lipinski definition) is 4. The van der Waals surface area contributed by atoms with Crippen LogP contribution in [0.25, 0.3) is 11.3 Å². The zero-order valence-electron chi connectivity index (χ0n) is 11.6. The number of rotatable bonds is 6. The quantitative estimate of drug-likeness (QED) is 0.607. The Morgan fingerprint density at radius 3 is 2.64 bits per heavy atom. The number of alkyl halides is 1. The second-order valence-electron chi connectivity index (χ2n) is 4.36. The van der Waals surface area contributed by atoms with Crippen LogP contribution < -0.4 is 21.5 Å². The van der Waals surface area contributed by atoms with Crippen LogP contribution >= 0.6 is 11.6 Å². The van der Waals surface area contributed by atoms with Crippen molar-refractivity contribution in [2.45, 2.75) is 0 Å². The van der Waals surface area contributed by atoms with E-state index in [1.165, 1.54) is 6.07 Å². The van der Waals surface area contributed by atoms with Gasteiger partial charge in [0.05, 0.1) is 17.1 Å². The van der Waals surface area contributed by atoms with Gasteiger partial charge in [0.25, 0.3) is 5.91 Å². The Morgan fingerprint density at radius 1 is 1.27 bits per heavy atom. The van der Waals surface area contributed by atoms with Gasteiger partial charge in [0.15, 0.2) is 0 Å². The van der Waals surface area contributed by atoms with Crippen molar-refractivity contribution in [3.8, 4) is 17.0 Å². The van der Waals surface area contributed by atoms with Gasteiger partial charge in [-0.2, -0.15) is 0 Å². The summed E-state index contributed by atoms with van der Waals surface area (Å²) in [5, 5.41) is 2.33. The summed E-state index contributed by atoms with van der Waals surface area (Å²) in [5.41, 5.74) is 11.8. The average Bonchev–Trinajstić information content (AvgIpc) is 2.88. The number of carbonyl (C=O) groups is 2. The summed E-state index contributed by atoms with van der Waals surface area (Å²) < 4.78 is 5.55. The van der Waals surface area contributed by atoms with Crippen molar-refractivity contribution in [3.05, 3.63) is 35.9 Å². The normalized spacial score (nSPS) is 10.2. The Labute approximate surface area is 131 Å². The van der Waals surface area contributed by atoms with E-state index in [4.69, 9.17) is 27.8 Å². The lowest BCUT2D eigenvalue weighted by atomic mass is 10.1.